The molecular weight excluding hydrogens is 218 g/mol. The Labute approximate surface area is 102 Å². The third-order valence-electron chi connectivity index (χ3n) is 2.19. The molecule has 5 nitrogen and oxygen atoms in total. The van der Waals surface area contributed by atoms with Crippen LogP contribution < -0.4 is 15.2 Å². The maximum atomic E-state index is 5.87. The summed E-state index contributed by atoms with van der Waals surface area (Å²) in [6, 6.07) is 0. The Morgan fingerprint density at radius 2 is 1.76 bits per heavy atom. The van der Waals surface area contributed by atoms with Crippen LogP contribution in [0.2, 0.25) is 0 Å². The van der Waals surface area contributed by atoms with Crippen molar-refractivity contribution in [3.05, 3.63) is 6.33 Å². The molecule has 0 saturated carbocycles. The molecule has 0 bridgehead atoms. The Morgan fingerprint density at radius 1 is 1.18 bits per heavy atom. The van der Waals surface area contributed by atoms with Crippen molar-refractivity contribution >= 4 is 5.69 Å². The van der Waals surface area contributed by atoms with Crippen LogP contribution >= 0.6 is 0 Å². The van der Waals surface area contributed by atoms with Crippen LogP contribution in [-0.2, 0) is 0 Å². The zero-order valence-corrected chi connectivity index (χ0v) is 10.8. The van der Waals surface area contributed by atoms with Gasteiger partial charge in [-0.25, -0.2) is 0 Å². The first-order chi connectivity index (χ1) is 8.15. The number of ether oxygens (including phenoxy) is 2. The number of nitrogen functional groups attached to an aromatic ring is 1. The van der Waals surface area contributed by atoms with E-state index in [1.165, 1.54) is 6.33 Å². The van der Waals surface area contributed by atoms with Crippen LogP contribution in [0.5, 0.6) is 11.8 Å². The molecule has 0 atom stereocenters. The van der Waals surface area contributed by atoms with Crippen molar-refractivity contribution in [2.24, 2.45) is 5.92 Å². The number of hydrogen-bond donors (Lipinski definition) is 1. The first kappa shape index (κ1) is 13.5. The molecule has 0 amide bonds. The third kappa shape index (κ3) is 4.46. The van der Waals surface area contributed by atoms with Gasteiger partial charge in [-0.1, -0.05) is 20.8 Å². The third-order valence-corrected chi connectivity index (χ3v) is 2.19. The minimum atomic E-state index is 0.379. The highest BCUT2D eigenvalue weighted by atomic mass is 16.5. The molecule has 0 unspecified atom stereocenters. The molecule has 0 aliphatic heterocycles. The predicted molar refractivity (Wildman–Crippen MR) is 67.2 cm³/mol. The fourth-order valence-corrected chi connectivity index (χ4v) is 1.18. The Hall–Kier alpha value is -1.52. The SMILES string of the molecule is CCCOc1ncnc(OCCC(C)C)c1N. The van der Waals surface area contributed by atoms with Crippen LogP contribution in [0, 0.1) is 5.92 Å². The fraction of sp³-hybridized carbons (Fsp3) is 0.667. The topological polar surface area (TPSA) is 70.3 Å². The van der Waals surface area contributed by atoms with Crippen molar-refractivity contribution in [1.82, 2.24) is 9.97 Å². The molecular formula is C12H21N3O2. The number of hydrogen-bond acceptors (Lipinski definition) is 5. The van der Waals surface area contributed by atoms with Gasteiger partial charge in [0.15, 0.2) is 5.69 Å². The standard InChI is InChI=1S/C12H21N3O2/c1-4-6-16-11-10(13)12(15-8-14-11)17-7-5-9(2)3/h8-9H,4-7,13H2,1-3H3. The highest BCUT2D eigenvalue weighted by molar-refractivity contribution is 5.55. The largest absolute Gasteiger partial charge is 0.476 e. The van der Waals surface area contributed by atoms with Gasteiger partial charge in [0.1, 0.15) is 6.33 Å². The first-order valence-electron chi connectivity index (χ1n) is 6.01. The van der Waals surface area contributed by atoms with Crippen LogP contribution in [0.1, 0.15) is 33.6 Å². The summed E-state index contributed by atoms with van der Waals surface area (Å²) in [5.41, 5.74) is 6.25. The number of nitrogens with zero attached hydrogens (tertiary/aromatic N) is 2. The maximum absolute atomic E-state index is 5.87. The molecule has 96 valence electrons. The molecule has 5 heteroatoms. The molecule has 1 rings (SSSR count). The van der Waals surface area contributed by atoms with Crippen molar-refractivity contribution in [3.63, 3.8) is 0 Å². The number of anilines is 1. The average molecular weight is 239 g/mol. The summed E-state index contributed by atoms with van der Waals surface area (Å²) in [7, 11) is 0. The summed E-state index contributed by atoms with van der Waals surface area (Å²) in [4.78, 5) is 7.99. The fourth-order valence-electron chi connectivity index (χ4n) is 1.18. The summed E-state index contributed by atoms with van der Waals surface area (Å²) >= 11 is 0. The summed E-state index contributed by atoms with van der Waals surface area (Å²) in [6.45, 7) is 7.50. The molecule has 0 aliphatic carbocycles. The Bertz CT molecular complexity index is 343. The summed E-state index contributed by atoms with van der Waals surface area (Å²) in [5.74, 6) is 1.40. The molecule has 0 saturated heterocycles. The van der Waals surface area contributed by atoms with Gasteiger partial charge in [-0.05, 0) is 18.8 Å². The lowest BCUT2D eigenvalue weighted by Crippen LogP contribution is -2.08. The van der Waals surface area contributed by atoms with E-state index in [0.717, 1.165) is 12.8 Å². The molecule has 17 heavy (non-hydrogen) atoms. The number of aromatic nitrogens is 2. The van der Waals surface area contributed by atoms with Crippen molar-refractivity contribution in [2.45, 2.75) is 33.6 Å². The summed E-state index contributed by atoms with van der Waals surface area (Å²) in [5, 5.41) is 0. The van der Waals surface area contributed by atoms with Crippen LogP contribution in [0.3, 0.4) is 0 Å². The zero-order chi connectivity index (χ0) is 12.7. The number of rotatable bonds is 7. The van der Waals surface area contributed by atoms with Gasteiger partial charge in [-0.15, -0.1) is 0 Å². The van der Waals surface area contributed by atoms with Gasteiger partial charge < -0.3 is 15.2 Å². The zero-order valence-electron chi connectivity index (χ0n) is 10.8. The molecule has 1 aromatic rings. The average Bonchev–Trinajstić information content (AvgIpc) is 2.29. The van der Waals surface area contributed by atoms with E-state index in [1.54, 1.807) is 0 Å². The summed E-state index contributed by atoms with van der Waals surface area (Å²) in [6.07, 6.45) is 3.29. The second kappa shape index (κ2) is 6.93. The van der Waals surface area contributed by atoms with Crippen molar-refractivity contribution < 1.29 is 9.47 Å². The lowest BCUT2D eigenvalue weighted by Gasteiger charge is -2.11. The van der Waals surface area contributed by atoms with Crippen LogP contribution in [0.4, 0.5) is 5.69 Å². The van der Waals surface area contributed by atoms with Gasteiger partial charge in [0.05, 0.1) is 13.2 Å². The van der Waals surface area contributed by atoms with E-state index in [-0.39, 0.29) is 0 Å². The van der Waals surface area contributed by atoms with Crippen LogP contribution in [0.25, 0.3) is 0 Å². The normalized spacial score (nSPS) is 10.6. The van der Waals surface area contributed by atoms with Gasteiger partial charge in [0, 0.05) is 0 Å². The Kier molecular flexibility index (Phi) is 5.52. The molecule has 0 radical (unpaired) electrons. The second-order valence-corrected chi connectivity index (χ2v) is 4.28. The monoisotopic (exact) mass is 239 g/mol. The molecule has 1 aromatic heterocycles. The minimum absolute atomic E-state index is 0.379. The molecule has 0 spiro atoms. The smallest absolute Gasteiger partial charge is 0.244 e. The predicted octanol–water partition coefficient (Wildman–Crippen LogP) is 2.27. The summed E-state index contributed by atoms with van der Waals surface area (Å²) < 4.78 is 10.9. The van der Waals surface area contributed by atoms with Gasteiger partial charge in [-0.3, -0.25) is 0 Å². The minimum Gasteiger partial charge on any atom is -0.476 e. The molecule has 0 aromatic carbocycles. The van der Waals surface area contributed by atoms with Gasteiger partial charge >= 0.3 is 0 Å². The highest BCUT2D eigenvalue weighted by Gasteiger charge is 2.10. The Balaban J connectivity index is 2.59. The van der Waals surface area contributed by atoms with Crippen molar-refractivity contribution in [3.8, 4) is 11.8 Å². The molecule has 0 fully saturated rings. The van der Waals surface area contributed by atoms with Gasteiger partial charge in [0.2, 0.25) is 11.8 Å². The second-order valence-electron chi connectivity index (χ2n) is 4.28. The van der Waals surface area contributed by atoms with E-state index in [0.29, 0.717) is 36.6 Å². The van der Waals surface area contributed by atoms with Crippen molar-refractivity contribution in [1.29, 1.82) is 0 Å². The highest BCUT2D eigenvalue weighted by Crippen LogP contribution is 2.26. The van der Waals surface area contributed by atoms with Gasteiger partial charge in [0.25, 0.3) is 0 Å². The van der Waals surface area contributed by atoms with Crippen LogP contribution in [-0.4, -0.2) is 23.2 Å². The molecule has 1 heterocycles. The van der Waals surface area contributed by atoms with Gasteiger partial charge in [-0.2, -0.15) is 9.97 Å². The van der Waals surface area contributed by atoms with E-state index in [2.05, 4.69) is 23.8 Å². The van der Waals surface area contributed by atoms with E-state index in [9.17, 15) is 0 Å². The Morgan fingerprint density at radius 3 is 2.29 bits per heavy atom. The van der Waals surface area contributed by atoms with Crippen molar-refractivity contribution in [2.75, 3.05) is 18.9 Å². The van der Waals surface area contributed by atoms with E-state index in [1.807, 2.05) is 6.92 Å². The van der Waals surface area contributed by atoms with E-state index < -0.39 is 0 Å². The van der Waals surface area contributed by atoms with E-state index in [4.69, 9.17) is 15.2 Å². The first-order valence-corrected chi connectivity index (χ1v) is 6.01. The van der Waals surface area contributed by atoms with E-state index >= 15 is 0 Å². The maximum Gasteiger partial charge on any atom is 0.244 e. The quantitative estimate of drug-likeness (QED) is 0.790. The molecule has 2 N–H and O–H groups in total. The molecule has 0 aliphatic rings. The van der Waals surface area contributed by atoms with Crippen LogP contribution in [0.15, 0.2) is 6.33 Å². The lowest BCUT2D eigenvalue weighted by molar-refractivity contribution is 0.273. The lowest BCUT2D eigenvalue weighted by atomic mass is 10.1. The number of nitrogens with two attached hydrogens (primary N) is 1.